The van der Waals surface area contributed by atoms with E-state index in [2.05, 4.69) is 28.1 Å². The zero-order chi connectivity index (χ0) is 22.0. The Hall–Kier alpha value is -2.69. The molecular formula is C20H23F2N5O3S. The van der Waals surface area contributed by atoms with Crippen LogP contribution in [0.25, 0.3) is 0 Å². The zero-order valence-electron chi connectivity index (χ0n) is 17.0. The van der Waals surface area contributed by atoms with Crippen LogP contribution in [0.2, 0.25) is 0 Å². The van der Waals surface area contributed by atoms with Crippen molar-refractivity contribution in [1.82, 2.24) is 14.5 Å². The van der Waals surface area contributed by atoms with Crippen molar-refractivity contribution in [2.75, 3.05) is 11.9 Å². The smallest absolute Gasteiger partial charge is 0.331 e. The summed E-state index contributed by atoms with van der Waals surface area (Å²) < 4.78 is 56.3. The molecule has 2 atom stereocenters. The van der Waals surface area contributed by atoms with Gasteiger partial charge in [0.1, 0.15) is 11.4 Å². The molecular weight excluding hydrogens is 428 g/mol. The van der Waals surface area contributed by atoms with Crippen LogP contribution in [-0.4, -0.2) is 32.5 Å². The molecule has 0 spiro atoms. The lowest BCUT2D eigenvalue weighted by atomic mass is 9.95. The first-order chi connectivity index (χ1) is 14.6. The van der Waals surface area contributed by atoms with Gasteiger partial charge < -0.3 is 10.1 Å². The van der Waals surface area contributed by atoms with Crippen LogP contribution in [0.3, 0.4) is 0 Å². The molecule has 5 rings (SSSR count). The summed E-state index contributed by atoms with van der Waals surface area (Å²) in [6.45, 7) is 0.494. The molecule has 0 unspecified atom stereocenters. The maximum absolute atomic E-state index is 13.5. The van der Waals surface area contributed by atoms with Gasteiger partial charge in [-0.15, -0.1) is 0 Å². The number of hydrogen-bond donors (Lipinski definition) is 3. The van der Waals surface area contributed by atoms with Crippen molar-refractivity contribution < 1.29 is 22.5 Å². The molecule has 11 heteroatoms. The lowest BCUT2D eigenvalue weighted by Gasteiger charge is -2.24. The largest absolute Gasteiger partial charge is 0.470 e. The number of rotatable bonds is 3. The van der Waals surface area contributed by atoms with Crippen molar-refractivity contribution in [2.45, 2.75) is 62.3 Å². The quantitative estimate of drug-likeness (QED) is 0.663. The number of ether oxygens (including phenoxy) is 1. The van der Waals surface area contributed by atoms with Crippen molar-refractivity contribution in [3.8, 4) is 5.88 Å². The molecule has 2 aliphatic carbocycles. The molecule has 3 aliphatic rings. The molecule has 1 aromatic carbocycles. The third kappa shape index (κ3) is 3.44. The molecule has 0 fully saturated rings. The number of benzene rings is 1. The number of nitrogens with one attached hydrogen (secondary N) is 3. The van der Waals surface area contributed by atoms with Crippen LogP contribution in [0, 0.1) is 4.78 Å². The van der Waals surface area contributed by atoms with Crippen LogP contribution in [0.1, 0.15) is 47.9 Å². The van der Waals surface area contributed by atoms with Crippen LogP contribution < -0.4 is 14.8 Å². The van der Waals surface area contributed by atoms with Gasteiger partial charge in [0.2, 0.25) is 5.88 Å². The van der Waals surface area contributed by atoms with Gasteiger partial charge in [-0.25, -0.2) is 32.0 Å². The zero-order valence-corrected chi connectivity index (χ0v) is 17.8. The minimum Gasteiger partial charge on any atom is -0.470 e. The van der Waals surface area contributed by atoms with Gasteiger partial charge in [-0.2, -0.15) is 5.10 Å². The van der Waals surface area contributed by atoms with Crippen LogP contribution in [0.4, 0.5) is 19.3 Å². The van der Waals surface area contributed by atoms with Gasteiger partial charge in [-0.3, -0.25) is 0 Å². The molecule has 31 heavy (non-hydrogen) atoms. The summed E-state index contributed by atoms with van der Waals surface area (Å²) in [5.41, 5.74) is 5.44. The van der Waals surface area contributed by atoms with Gasteiger partial charge in [-0.1, -0.05) is 13.0 Å². The van der Waals surface area contributed by atoms with Crippen LogP contribution in [-0.2, 0) is 35.7 Å². The molecule has 0 saturated heterocycles. The molecule has 1 aliphatic heterocycles. The second-order valence-corrected chi connectivity index (χ2v) is 10.2. The topological polar surface area (TPSA) is 109 Å². The van der Waals surface area contributed by atoms with Crippen molar-refractivity contribution >= 4 is 21.6 Å². The number of anilines is 1. The number of nitrogens with zero attached hydrogens (tertiary/aromatic N) is 2. The Morgan fingerprint density at radius 1 is 1.35 bits per heavy atom. The summed E-state index contributed by atoms with van der Waals surface area (Å²) in [7, 11) is -3.87. The summed E-state index contributed by atoms with van der Waals surface area (Å²) >= 11 is 0. The number of amides is 2. The molecule has 2 aromatic rings. The second-order valence-electron chi connectivity index (χ2n) is 8.48. The van der Waals surface area contributed by atoms with E-state index >= 15 is 0 Å². The number of carbonyl (C=O) groups excluding carboxylic acids is 1. The van der Waals surface area contributed by atoms with Crippen LogP contribution in [0.15, 0.2) is 17.2 Å². The summed E-state index contributed by atoms with van der Waals surface area (Å²) in [5.74, 6) is -2.98. The second kappa shape index (κ2) is 6.91. The molecule has 3 N–H and O–H groups in total. The van der Waals surface area contributed by atoms with Gasteiger partial charge >= 0.3 is 12.0 Å². The van der Waals surface area contributed by atoms with Gasteiger partial charge in [-0.05, 0) is 60.3 Å². The Labute approximate surface area is 178 Å². The summed E-state index contributed by atoms with van der Waals surface area (Å²) in [5, 5.41) is 6.60. The average Bonchev–Trinajstić information content (AvgIpc) is 3.38. The molecule has 0 bridgehead atoms. The highest BCUT2D eigenvalue weighted by atomic mass is 32.2. The lowest BCUT2D eigenvalue weighted by Crippen LogP contribution is -2.38. The monoisotopic (exact) mass is 451 g/mol. The summed E-state index contributed by atoms with van der Waals surface area (Å²) in [6.07, 6.45) is 5.84. The summed E-state index contributed by atoms with van der Waals surface area (Å²) in [4.78, 5) is 12.6. The highest BCUT2D eigenvalue weighted by Crippen LogP contribution is 2.44. The SMILES string of the molecule is C[C@@H]1CCc2cc3c(c(NC(=O)N[S@@](=N)(=O)c4cnn5c4OCC(F)(F)C5)c21)CCC3. The molecule has 0 saturated carbocycles. The van der Waals surface area contributed by atoms with E-state index in [1.165, 1.54) is 11.1 Å². The van der Waals surface area contributed by atoms with Crippen LogP contribution in [0.5, 0.6) is 5.88 Å². The number of alkyl halides is 2. The van der Waals surface area contributed by atoms with Gasteiger partial charge in [0.15, 0.2) is 16.5 Å². The first kappa shape index (κ1) is 20.2. The predicted octanol–water partition coefficient (Wildman–Crippen LogP) is 3.59. The van der Waals surface area contributed by atoms with E-state index in [1.54, 1.807) is 0 Å². The number of aryl methyl sites for hydroxylation is 2. The first-order valence-electron chi connectivity index (χ1n) is 10.3. The normalized spacial score (nSPS) is 22.6. The Bertz CT molecular complexity index is 1190. The average molecular weight is 451 g/mol. The molecule has 0 radical (unpaired) electrons. The van der Waals surface area contributed by atoms with Gasteiger partial charge in [0.25, 0.3) is 0 Å². The Morgan fingerprint density at radius 2 is 2.16 bits per heavy atom. The molecule has 8 nitrogen and oxygen atoms in total. The minimum absolute atomic E-state index is 0.179. The molecule has 166 valence electrons. The molecule has 2 amide bonds. The number of fused-ring (bicyclic) bond motifs is 3. The number of halogens is 2. The highest BCUT2D eigenvalue weighted by molar-refractivity contribution is 7.91. The van der Waals surface area contributed by atoms with E-state index in [4.69, 9.17) is 9.52 Å². The fourth-order valence-electron chi connectivity index (χ4n) is 4.83. The predicted molar refractivity (Wildman–Crippen MR) is 109 cm³/mol. The third-order valence-electron chi connectivity index (χ3n) is 6.21. The number of aromatic nitrogens is 2. The Balaban J connectivity index is 1.41. The standard InChI is InChI=1S/C20H23F2N5O3S/c1-11-5-6-13-7-12-3-2-4-14(12)17(16(11)13)25-19(28)26-31(23,29)15-8-24-27-9-20(21,22)10-30-18(15)27/h7-8,11H,2-6,9-10H2,1H3,(H3,23,25,26,28,29)/t11-,31-/m1/s1. The van der Waals surface area contributed by atoms with Crippen molar-refractivity contribution in [3.05, 3.63) is 34.5 Å². The van der Waals surface area contributed by atoms with Crippen molar-refractivity contribution in [3.63, 3.8) is 0 Å². The fourth-order valence-corrected chi connectivity index (χ4v) is 5.86. The van der Waals surface area contributed by atoms with Crippen LogP contribution >= 0.6 is 0 Å². The fraction of sp³-hybridized carbons (Fsp3) is 0.500. The van der Waals surface area contributed by atoms with Crippen molar-refractivity contribution in [1.29, 1.82) is 4.78 Å². The molecule has 2 heterocycles. The van der Waals surface area contributed by atoms with Crippen molar-refractivity contribution in [2.24, 2.45) is 0 Å². The van der Waals surface area contributed by atoms with E-state index < -0.39 is 35.0 Å². The van der Waals surface area contributed by atoms with E-state index in [1.807, 2.05) is 0 Å². The first-order valence-corrected chi connectivity index (χ1v) is 11.8. The Kier molecular flexibility index (Phi) is 4.51. The minimum atomic E-state index is -3.87. The highest BCUT2D eigenvalue weighted by Gasteiger charge is 2.39. The van der Waals surface area contributed by atoms with E-state index in [0.29, 0.717) is 5.92 Å². The van der Waals surface area contributed by atoms with E-state index in [0.717, 1.165) is 59.8 Å². The number of urea groups is 1. The summed E-state index contributed by atoms with van der Waals surface area (Å²) in [6, 6.07) is 1.46. The van der Waals surface area contributed by atoms with Gasteiger partial charge in [0.05, 0.1) is 6.20 Å². The van der Waals surface area contributed by atoms with E-state index in [-0.39, 0.29) is 10.8 Å². The lowest BCUT2D eigenvalue weighted by molar-refractivity contribution is -0.0805. The maximum atomic E-state index is 13.5. The molecule has 1 aromatic heterocycles. The number of hydrogen-bond acceptors (Lipinski definition) is 5. The number of carbonyl (C=O) groups is 1. The Morgan fingerprint density at radius 3 is 2.97 bits per heavy atom. The third-order valence-corrected chi connectivity index (χ3v) is 7.58. The maximum Gasteiger partial charge on any atom is 0.331 e. The van der Waals surface area contributed by atoms with E-state index in [9.17, 15) is 17.8 Å². The van der Waals surface area contributed by atoms with Gasteiger partial charge in [0, 0.05) is 5.69 Å².